The molecular weight excluding hydrogens is 284 g/mol. The van der Waals surface area contributed by atoms with Gasteiger partial charge < -0.3 is 9.88 Å². The van der Waals surface area contributed by atoms with Gasteiger partial charge >= 0.3 is 0 Å². The number of amides is 2. The predicted octanol–water partition coefficient (Wildman–Crippen LogP) is 0.596. The molecule has 1 saturated heterocycles. The number of nitriles is 2. The number of hydrogen-bond donors (Lipinski definition) is 2. The second-order valence-electron chi connectivity index (χ2n) is 5.62. The Balaban J connectivity index is 2.02. The van der Waals surface area contributed by atoms with E-state index in [2.05, 4.69) is 15.3 Å². The van der Waals surface area contributed by atoms with Crippen LogP contribution in [0.2, 0.25) is 0 Å². The topological polar surface area (TPSA) is 126 Å². The molecule has 1 aliphatic heterocycles. The van der Waals surface area contributed by atoms with Gasteiger partial charge in [-0.1, -0.05) is 13.8 Å². The molecule has 0 unspecified atom stereocenters. The van der Waals surface area contributed by atoms with Crippen LogP contribution in [0.25, 0.3) is 0 Å². The monoisotopic (exact) mass is 300 g/mol. The lowest BCUT2D eigenvalue weighted by molar-refractivity contribution is -0.128. The first kappa shape index (κ1) is 15.5. The van der Waals surface area contributed by atoms with Gasteiger partial charge in [-0.15, -0.1) is 0 Å². The Hall–Kier alpha value is -2.87. The Labute approximate surface area is 127 Å². The van der Waals surface area contributed by atoms with Crippen molar-refractivity contribution in [1.82, 2.24) is 14.9 Å². The lowest BCUT2D eigenvalue weighted by Gasteiger charge is -2.18. The molecule has 1 atom stereocenters. The number of anilines is 1. The minimum Gasteiger partial charge on any atom is -0.342 e. The molecule has 114 valence electrons. The van der Waals surface area contributed by atoms with E-state index in [1.807, 2.05) is 13.8 Å². The van der Waals surface area contributed by atoms with E-state index in [0.29, 0.717) is 19.0 Å². The maximum atomic E-state index is 12.2. The van der Waals surface area contributed by atoms with Gasteiger partial charge in [-0.3, -0.25) is 14.9 Å². The van der Waals surface area contributed by atoms with Crippen molar-refractivity contribution in [1.29, 1.82) is 10.5 Å². The fourth-order valence-corrected chi connectivity index (χ4v) is 2.38. The molecule has 2 amide bonds. The first-order valence-corrected chi connectivity index (χ1v) is 6.93. The second kappa shape index (κ2) is 6.27. The van der Waals surface area contributed by atoms with Crippen LogP contribution < -0.4 is 5.32 Å². The third-order valence-electron chi connectivity index (χ3n) is 3.33. The minimum atomic E-state index is -0.451. The molecule has 0 aromatic carbocycles. The van der Waals surface area contributed by atoms with E-state index < -0.39 is 5.92 Å². The normalized spacial score (nSPS) is 17.4. The summed E-state index contributed by atoms with van der Waals surface area (Å²) in [5.74, 6) is -0.446. The first-order valence-electron chi connectivity index (χ1n) is 6.93. The number of likely N-dealkylation sites (tertiary alicyclic amines) is 1. The molecule has 0 aliphatic carbocycles. The predicted molar refractivity (Wildman–Crippen MR) is 76.2 cm³/mol. The van der Waals surface area contributed by atoms with Crippen molar-refractivity contribution in [2.45, 2.75) is 20.3 Å². The van der Waals surface area contributed by atoms with Gasteiger partial charge in [-0.2, -0.15) is 10.5 Å². The van der Waals surface area contributed by atoms with E-state index >= 15 is 0 Å². The minimum absolute atomic E-state index is 0.00160. The Bertz CT molecular complexity index is 647. The Morgan fingerprint density at radius 3 is 2.77 bits per heavy atom. The van der Waals surface area contributed by atoms with Gasteiger partial charge in [-0.05, 0) is 5.92 Å². The third-order valence-corrected chi connectivity index (χ3v) is 3.33. The van der Waals surface area contributed by atoms with Gasteiger partial charge in [0.25, 0.3) is 0 Å². The summed E-state index contributed by atoms with van der Waals surface area (Å²) in [5, 5.41) is 20.2. The summed E-state index contributed by atoms with van der Waals surface area (Å²) in [6, 6.07) is 3.56. The molecule has 1 aromatic rings. The van der Waals surface area contributed by atoms with Crippen molar-refractivity contribution in [3.8, 4) is 12.1 Å². The zero-order valence-electron chi connectivity index (χ0n) is 12.4. The lowest BCUT2D eigenvalue weighted by atomic mass is 10.1. The van der Waals surface area contributed by atoms with Crippen molar-refractivity contribution in [3.05, 3.63) is 11.4 Å². The molecule has 1 fully saturated rings. The number of nitrogens with one attached hydrogen (secondary N) is 2. The van der Waals surface area contributed by atoms with Crippen molar-refractivity contribution >= 4 is 17.8 Å². The number of rotatable bonds is 4. The van der Waals surface area contributed by atoms with Crippen LogP contribution in [0.3, 0.4) is 0 Å². The number of H-pyrrole nitrogens is 1. The fourth-order valence-electron chi connectivity index (χ4n) is 2.38. The maximum absolute atomic E-state index is 12.2. The smallest absolute Gasteiger partial charge is 0.232 e. The zero-order valence-corrected chi connectivity index (χ0v) is 12.4. The maximum Gasteiger partial charge on any atom is 0.232 e. The number of nitrogens with zero attached hydrogens (tertiary/aromatic N) is 4. The van der Waals surface area contributed by atoms with Crippen LogP contribution in [-0.2, 0) is 9.59 Å². The first-order chi connectivity index (χ1) is 10.4. The summed E-state index contributed by atoms with van der Waals surface area (Å²) in [4.78, 5) is 32.1. The van der Waals surface area contributed by atoms with E-state index in [9.17, 15) is 9.59 Å². The number of carbonyl (C=O) groups is 2. The van der Waals surface area contributed by atoms with Gasteiger partial charge in [0.1, 0.15) is 12.1 Å². The third kappa shape index (κ3) is 3.23. The standard InChI is InChI=1S/C14H16N6O2/c1-8(2)6-20-7-9(3-12(20)21)13(22)19-14-17-10(4-15)11(5-16)18-14/h8-9H,3,6-7H2,1-2H3,(H2,17,18,19,22)/t9-/m0/s1. The number of imidazole rings is 1. The molecule has 0 saturated carbocycles. The van der Waals surface area contributed by atoms with Gasteiger partial charge in [0, 0.05) is 19.5 Å². The highest BCUT2D eigenvalue weighted by atomic mass is 16.2. The highest BCUT2D eigenvalue weighted by Gasteiger charge is 2.34. The van der Waals surface area contributed by atoms with Gasteiger partial charge in [0.15, 0.2) is 11.4 Å². The average molecular weight is 300 g/mol. The number of carbonyl (C=O) groups excluding carboxylic acids is 2. The van der Waals surface area contributed by atoms with Crippen molar-refractivity contribution in [2.24, 2.45) is 11.8 Å². The van der Waals surface area contributed by atoms with E-state index in [-0.39, 0.29) is 35.6 Å². The Morgan fingerprint density at radius 1 is 1.50 bits per heavy atom. The average Bonchev–Trinajstić information content (AvgIpc) is 3.02. The molecule has 1 aromatic heterocycles. The zero-order chi connectivity index (χ0) is 16.3. The fraction of sp³-hybridized carbons (Fsp3) is 0.500. The quantitative estimate of drug-likeness (QED) is 0.841. The van der Waals surface area contributed by atoms with Crippen molar-refractivity contribution in [2.75, 3.05) is 18.4 Å². The van der Waals surface area contributed by atoms with E-state index in [1.165, 1.54) is 0 Å². The summed E-state index contributed by atoms with van der Waals surface area (Å²) >= 11 is 0. The summed E-state index contributed by atoms with van der Waals surface area (Å²) in [7, 11) is 0. The van der Waals surface area contributed by atoms with Crippen LogP contribution in [-0.4, -0.2) is 39.8 Å². The van der Waals surface area contributed by atoms with Crippen LogP contribution >= 0.6 is 0 Å². The Kier molecular flexibility index (Phi) is 4.42. The molecule has 8 heteroatoms. The van der Waals surface area contributed by atoms with Gasteiger partial charge in [0.2, 0.25) is 17.8 Å². The number of hydrogen-bond acceptors (Lipinski definition) is 5. The summed E-state index contributed by atoms with van der Waals surface area (Å²) < 4.78 is 0. The molecule has 1 aliphatic rings. The Morgan fingerprint density at radius 2 is 2.23 bits per heavy atom. The molecule has 2 rings (SSSR count). The molecule has 2 N–H and O–H groups in total. The van der Waals surface area contributed by atoms with Crippen LogP contribution in [0.15, 0.2) is 0 Å². The van der Waals surface area contributed by atoms with E-state index in [4.69, 9.17) is 10.5 Å². The van der Waals surface area contributed by atoms with Crippen LogP contribution in [0, 0.1) is 34.5 Å². The largest absolute Gasteiger partial charge is 0.342 e. The molecule has 0 spiro atoms. The van der Waals surface area contributed by atoms with Crippen LogP contribution in [0.5, 0.6) is 0 Å². The van der Waals surface area contributed by atoms with E-state index in [0.717, 1.165) is 0 Å². The molecule has 0 radical (unpaired) electrons. The SMILES string of the molecule is CC(C)CN1C[C@@H](C(=O)Nc2nc(C#N)c(C#N)[nH]2)CC1=O. The molecule has 0 bridgehead atoms. The summed E-state index contributed by atoms with van der Waals surface area (Å²) in [6.07, 6.45) is 0.162. The van der Waals surface area contributed by atoms with Crippen molar-refractivity contribution in [3.63, 3.8) is 0 Å². The summed E-state index contributed by atoms with van der Waals surface area (Å²) in [6.45, 7) is 5.02. The van der Waals surface area contributed by atoms with Gasteiger partial charge in [-0.25, -0.2) is 4.98 Å². The number of aromatic amines is 1. The highest BCUT2D eigenvalue weighted by molar-refractivity contribution is 5.96. The molecule has 8 nitrogen and oxygen atoms in total. The van der Waals surface area contributed by atoms with Crippen LogP contribution in [0.4, 0.5) is 5.95 Å². The second-order valence-corrected chi connectivity index (χ2v) is 5.62. The molecule has 22 heavy (non-hydrogen) atoms. The highest BCUT2D eigenvalue weighted by Crippen LogP contribution is 2.20. The van der Waals surface area contributed by atoms with Gasteiger partial charge in [0.05, 0.1) is 5.92 Å². The number of aromatic nitrogens is 2. The molecule has 2 heterocycles. The van der Waals surface area contributed by atoms with Crippen LogP contribution in [0.1, 0.15) is 31.7 Å². The molecular formula is C14H16N6O2. The summed E-state index contributed by atoms with van der Waals surface area (Å²) in [5.41, 5.74) is -0.0662. The van der Waals surface area contributed by atoms with E-state index in [1.54, 1.807) is 17.0 Å². The lowest BCUT2D eigenvalue weighted by Crippen LogP contribution is -2.31. The van der Waals surface area contributed by atoms with Crippen molar-refractivity contribution < 1.29 is 9.59 Å².